The first-order valence-electron chi connectivity index (χ1n) is 9.80. The molecule has 1 aliphatic rings. The number of anilines is 2. The molecule has 0 fully saturated rings. The molecule has 0 saturated carbocycles. The number of amides is 1. The van der Waals surface area contributed by atoms with E-state index in [1.165, 1.54) is 12.1 Å². The Hall–Kier alpha value is -3.23. The molecular weight excluding hydrogens is 385 g/mol. The minimum atomic E-state index is -0.937. The highest BCUT2D eigenvalue weighted by atomic mass is 19.1. The summed E-state index contributed by atoms with van der Waals surface area (Å²) in [7, 11) is 0. The smallest absolute Gasteiger partial charge is 0.242 e. The number of hydrogen-bond donors (Lipinski definition) is 3. The lowest BCUT2D eigenvalue weighted by atomic mass is 10.1. The Morgan fingerprint density at radius 3 is 2.57 bits per heavy atom. The van der Waals surface area contributed by atoms with Crippen LogP contribution in [0.1, 0.15) is 11.4 Å². The second kappa shape index (κ2) is 8.25. The standard InChI is InChI=1S/C22H24FN5O2/c1-14-2-8-17(9-3-14)25-21-20(15-4-6-16(23)7-5-15)26-19-12-27(10-11-28(19)21)22(30)18(24)13-29/h2-9,18,25,29H,10-13,24H2,1H3/t18-/m0/s1. The molecule has 3 aromatic rings. The van der Waals surface area contributed by atoms with Crippen LogP contribution in [0.2, 0.25) is 0 Å². The van der Waals surface area contributed by atoms with Crippen molar-refractivity contribution in [1.82, 2.24) is 14.5 Å². The summed E-state index contributed by atoms with van der Waals surface area (Å²) in [5.41, 5.74) is 9.23. The van der Waals surface area contributed by atoms with Crippen molar-refractivity contribution in [2.75, 3.05) is 18.5 Å². The minimum Gasteiger partial charge on any atom is -0.394 e. The molecule has 0 bridgehead atoms. The van der Waals surface area contributed by atoms with E-state index >= 15 is 0 Å². The third-order valence-corrected chi connectivity index (χ3v) is 5.23. The first-order chi connectivity index (χ1) is 14.5. The van der Waals surface area contributed by atoms with Crippen LogP contribution < -0.4 is 11.1 Å². The number of nitrogens with one attached hydrogen (secondary N) is 1. The predicted octanol–water partition coefficient (Wildman–Crippen LogP) is 2.40. The summed E-state index contributed by atoms with van der Waals surface area (Å²) in [5.74, 6) is 0.876. The van der Waals surface area contributed by atoms with Crippen LogP contribution in [-0.2, 0) is 17.9 Å². The lowest BCUT2D eigenvalue weighted by Gasteiger charge is -2.30. The highest BCUT2D eigenvalue weighted by molar-refractivity contribution is 5.82. The highest BCUT2D eigenvalue weighted by Gasteiger charge is 2.29. The number of carbonyl (C=O) groups is 1. The fraction of sp³-hybridized carbons (Fsp3) is 0.273. The van der Waals surface area contributed by atoms with Crippen molar-refractivity contribution in [3.63, 3.8) is 0 Å². The zero-order chi connectivity index (χ0) is 21.3. The zero-order valence-electron chi connectivity index (χ0n) is 16.7. The van der Waals surface area contributed by atoms with Gasteiger partial charge in [0, 0.05) is 24.3 Å². The number of benzene rings is 2. The van der Waals surface area contributed by atoms with Crippen LogP contribution in [0, 0.1) is 12.7 Å². The molecular formula is C22H24FN5O2. The van der Waals surface area contributed by atoms with Gasteiger partial charge in [-0.25, -0.2) is 9.37 Å². The van der Waals surface area contributed by atoms with Gasteiger partial charge in [0.25, 0.3) is 0 Å². The van der Waals surface area contributed by atoms with Crippen LogP contribution in [0.3, 0.4) is 0 Å². The number of nitrogens with zero attached hydrogens (tertiary/aromatic N) is 3. The fourth-order valence-corrected chi connectivity index (χ4v) is 3.54. The molecule has 1 aromatic heterocycles. The van der Waals surface area contributed by atoms with E-state index in [9.17, 15) is 14.3 Å². The maximum absolute atomic E-state index is 13.4. The van der Waals surface area contributed by atoms with Crippen LogP contribution in [0.4, 0.5) is 15.9 Å². The number of imidazole rings is 1. The van der Waals surface area contributed by atoms with E-state index in [0.717, 1.165) is 22.6 Å². The first-order valence-corrected chi connectivity index (χ1v) is 9.80. The lowest BCUT2D eigenvalue weighted by molar-refractivity contribution is -0.135. The maximum atomic E-state index is 13.4. The quantitative estimate of drug-likeness (QED) is 0.601. The van der Waals surface area contributed by atoms with Gasteiger partial charge < -0.3 is 25.6 Å². The molecule has 7 nitrogen and oxygen atoms in total. The number of aliphatic hydroxyl groups is 1. The van der Waals surface area contributed by atoms with Gasteiger partial charge in [-0.1, -0.05) is 17.7 Å². The second-order valence-corrected chi connectivity index (χ2v) is 7.42. The molecule has 8 heteroatoms. The third-order valence-electron chi connectivity index (χ3n) is 5.23. The topological polar surface area (TPSA) is 96.4 Å². The summed E-state index contributed by atoms with van der Waals surface area (Å²) in [5, 5.41) is 12.6. The molecule has 0 saturated heterocycles. The molecule has 1 atom stereocenters. The summed E-state index contributed by atoms with van der Waals surface area (Å²) < 4.78 is 15.5. The molecule has 2 aromatic carbocycles. The number of aromatic nitrogens is 2. The number of fused-ring (bicyclic) bond motifs is 1. The Labute approximate surface area is 174 Å². The molecule has 156 valence electrons. The van der Waals surface area contributed by atoms with Crippen molar-refractivity contribution in [2.24, 2.45) is 5.73 Å². The van der Waals surface area contributed by atoms with Crippen molar-refractivity contribution in [3.05, 3.63) is 65.7 Å². The predicted molar refractivity (Wildman–Crippen MR) is 113 cm³/mol. The first kappa shape index (κ1) is 20.1. The van der Waals surface area contributed by atoms with Gasteiger partial charge in [-0.05, 0) is 43.3 Å². The third kappa shape index (κ3) is 3.92. The Balaban J connectivity index is 1.72. The summed E-state index contributed by atoms with van der Waals surface area (Å²) in [6, 6.07) is 13.3. The van der Waals surface area contributed by atoms with E-state index in [-0.39, 0.29) is 18.3 Å². The molecule has 2 heterocycles. The van der Waals surface area contributed by atoms with E-state index in [1.54, 1.807) is 17.0 Å². The molecule has 30 heavy (non-hydrogen) atoms. The number of rotatable bonds is 5. The Kier molecular flexibility index (Phi) is 5.52. The van der Waals surface area contributed by atoms with Crippen LogP contribution in [-0.4, -0.2) is 44.7 Å². The second-order valence-electron chi connectivity index (χ2n) is 7.42. The van der Waals surface area contributed by atoms with Crippen molar-refractivity contribution in [2.45, 2.75) is 26.1 Å². The normalized spacial score (nSPS) is 14.3. The van der Waals surface area contributed by atoms with E-state index in [0.29, 0.717) is 24.6 Å². The van der Waals surface area contributed by atoms with Crippen molar-refractivity contribution < 1.29 is 14.3 Å². The van der Waals surface area contributed by atoms with Gasteiger partial charge in [0.1, 0.15) is 29.2 Å². The number of hydrogen-bond acceptors (Lipinski definition) is 5. The SMILES string of the molecule is Cc1ccc(Nc2c(-c3ccc(F)cc3)nc3n2CCN(C(=O)[C@@H](N)CO)C3)cc1. The van der Waals surface area contributed by atoms with Crippen LogP contribution in [0.15, 0.2) is 48.5 Å². The zero-order valence-corrected chi connectivity index (χ0v) is 16.7. The fourth-order valence-electron chi connectivity index (χ4n) is 3.54. The van der Waals surface area contributed by atoms with E-state index in [2.05, 4.69) is 5.32 Å². The molecule has 0 unspecified atom stereocenters. The monoisotopic (exact) mass is 409 g/mol. The molecule has 0 radical (unpaired) electrons. The van der Waals surface area contributed by atoms with Crippen molar-refractivity contribution >= 4 is 17.4 Å². The van der Waals surface area contributed by atoms with Gasteiger partial charge in [0.2, 0.25) is 5.91 Å². The molecule has 1 amide bonds. The summed E-state index contributed by atoms with van der Waals surface area (Å²) in [6.07, 6.45) is 0. The molecule has 0 aliphatic carbocycles. The Bertz CT molecular complexity index is 1050. The van der Waals surface area contributed by atoms with Crippen molar-refractivity contribution in [3.8, 4) is 11.3 Å². The highest BCUT2D eigenvalue weighted by Crippen LogP contribution is 2.33. The lowest BCUT2D eigenvalue weighted by Crippen LogP contribution is -2.48. The van der Waals surface area contributed by atoms with E-state index in [1.807, 2.05) is 35.8 Å². The van der Waals surface area contributed by atoms with Gasteiger partial charge in [-0.15, -0.1) is 0 Å². The van der Waals surface area contributed by atoms with Crippen LogP contribution >= 0.6 is 0 Å². The van der Waals surface area contributed by atoms with E-state index in [4.69, 9.17) is 10.7 Å². The minimum absolute atomic E-state index is 0.288. The Morgan fingerprint density at radius 2 is 1.90 bits per heavy atom. The number of nitrogens with two attached hydrogens (primary N) is 1. The average molecular weight is 409 g/mol. The van der Waals surface area contributed by atoms with Crippen LogP contribution in [0.25, 0.3) is 11.3 Å². The summed E-state index contributed by atoms with van der Waals surface area (Å²) >= 11 is 0. The molecule has 4 rings (SSSR count). The van der Waals surface area contributed by atoms with Gasteiger partial charge in [-0.2, -0.15) is 0 Å². The van der Waals surface area contributed by atoms with Gasteiger partial charge in [-0.3, -0.25) is 4.79 Å². The van der Waals surface area contributed by atoms with Crippen molar-refractivity contribution in [1.29, 1.82) is 0 Å². The Morgan fingerprint density at radius 1 is 1.20 bits per heavy atom. The summed E-state index contributed by atoms with van der Waals surface area (Å²) in [4.78, 5) is 18.8. The maximum Gasteiger partial charge on any atom is 0.242 e. The van der Waals surface area contributed by atoms with Gasteiger partial charge in [0.05, 0.1) is 13.2 Å². The number of aliphatic hydroxyl groups excluding tert-OH is 1. The number of carbonyl (C=O) groups excluding carboxylic acids is 1. The largest absolute Gasteiger partial charge is 0.394 e. The molecule has 1 aliphatic heterocycles. The molecule has 0 spiro atoms. The average Bonchev–Trinajstić information content (AvgIpc) is 3.12. The van der Waals surface area contributed by atoms with Gasteiger partial charge >= 0.3 is 0 Å². The molecule has 4 N–H and O–H groups in total. The summed E-state index contributed by atoms with van der Waals surface area (Å²) in [6.45, 7) is 2.90. The van der Waals surface area contributed by atoms with Crippen LogP contribution in [0.5, 0.6) is 0 Å². The van der Waals surface area contributed by atoms with Gasteiger partial charge in [0.15, 0.2) is 0 Å². The number of halogens is 1. The van der Waals surface area contributed by atoms with E-state index < -0.39 is 12.6 Å². The number of aryl methyl sites for hydroxylation is 1.